The van der Waals surface area contributed by atoms with E-state index in [9.17, 15) is 5.11 Å². The molecule has 4 nitrogen and oxygen atoms in total. The molecule has 20 heavy (non-hydrogen) atoms. The first-order chi connectivity index (χ1) is 9.74. The summed E-state index contributed by atoms with van der Waals surface area (Å²) in [5.41, 5.74) is 1.71. The number of hydrogen-bond acceptors (Lipinski definition) is 4. The lowest BCUT2D eigenvalue weighted by Gasteiger charge is -2.05. The summed E-state index contributed by atoms with van der Waals surface area (Å²) < 4.78 is 10.1. The highest BCUT2D eigenvalue weighted by atomic mass is 16.5. The number of phenolic OH excluding ortho intramolecular Hbond substituents is 1. The van der Waals surface area contributed by atoms with Gasteiger partial charge in [0.25, 0.3) is 0 Å². The summed E-state index contributed by atoms with van der Waals surface area (Å²) in [6.45, 7) is 0.542. The monoisotopic (exact) mass is 271 g/mol. The van der Waals surface area contributed by atoms with E-state index in [0.29, 0.717) is 17.9 Å². The first-order valence-corrected chi connectivity index (χ1v) is 6.23. The molecule has 0 fully saturated rings. The number of methoxy groups -OCH3 is 2. The van der Waals surface area contributed by atoms with Crippen LogP contribution in [0, 0.1) is 0 Å². The van der Waals surface area contributed by atoms with E-state index in [1.807, 2.05) is 30.3 Å². The van der Waals surface area contributed by atoms with E-state index in [-0.39, 0.29) is 5.75 Å². The van der Waals surface area contributed by atoms with Crippen molar-refractivity contribution < 1.29 is 14.6 Å². The number of para-hydroxylation sites is 1. The molecule has 0 saturated heterocycles. The molecule has 0 atom stereocenters. The first kappa shape index (κ1) is 13.9. The summed E-state index contributed by atoms with van der Waals surface area (Å²) >= 11 is 0. The Morgan fingerprint density at radius 3 is 2.45 bits per heavy atom. The Kier molecular flexibility index (Phi) is 4.60. The van der Waals surface area contributed by atoms with Crippen LogP contribution in [0.4, 0.5) is 0 Å². The second-order valence-corrected chi connectivity index (χ2v) is 4.22. The molecule has 0 saturated carbocycles. The lowest BCUT2D eigenvalue weighted by atomic mass is 10.2. The van der Waals surface area contributed by atoms with Crippen molar-refractivity contribution in [3.63, 3.8) is 0 Å². The van der Waals surface area contributed by atoms with Crippen molar-refractivity contribution in [1.29, 1.82) is 0 Å². The van der Waals surface area contributed by atoms with Crippen LogP contribution in [0.3, 0.4) is 0 Å². The average Bonchev–Trinajstić information content (AvgIpc) is 2.49. The van der Waals surface area contributed by atoms with Gasteiger partial charge >= 0.3 is 0 Å². The van der Waals surface area contributed by atoms with Gasteiger partial charge in [-0.2, -0.15) is 0 Å². The minimum Gasteiger partial charge on any atom is -0.504 e. The van der Waals surface area contributed by atoms with E-state index in [0.717, 1.165) is 11.3 Å². The van der Waals surface area contributed by atoms with Crippen molar-refractivity contribution in [2.75, 3.05) is 14.2 Å². The molecule has 0 radical (unpaired) electrons. The van der Waals surface area contributed by atoms with Crippen LogP contribution in [0.15, 0.2) is 47.5 Å². The fraction of sp³-hybridized carbons (Fsp3) is 0.188. The molecule has 0 aromatic heterocycles. The number of rotatable bonds is 5. The van der Waals surface area contributed by atoms with Crippen LogP contribution in [-0.4, -0.2) is 25.5 Å². The lowest BCUT2D eigenvalue weighted by molar-refractivity contribution is 0.373. The Morgan fingerprint density at radius 1 is 1.05 bits per heavy atom. The van der Waals surface area contributed by atoms with Crippen molar-refractivity contribution in [3.8, 4) is 17.2 Å². The van der Waals surface area contributed by atoms with Gasteiger partial charge in [-0.15, -0.1) is 0 Å². The smallest absolute Gasteiger partial charge is 0.166 e. The lowest BCUT2D eigenvalue weighted by Crippen LogP contribution is -1.89. The zero-order chi connectivity index (χ0) is 14.4. The normalized spacial score (nSPS) is 10.7. The maximum atomic E-state index is 9.92. The minimum atomic E-state index is 0.105. The van der Waals surface area contributed by atoms with Crippen LogP contribution in [0.1, 0.15) is 11.1 Å². The predicted molar refractivity (Wildman–Crippen MR) is 79.0 cm³/mol. The van der Waals surface area contributed by atoms with Gasteiger partial charge in [0.1, 0.15) is 5.75 Å². The van der Waals surface area contributed by atoms with E-state index >= 15 is 0 Å². The third-order valence-electron chi connectivity index (χ3n) is 2.91. The van der Waals surface area contributed by atoms with Crippen LogP contribution in [0.25, 0.3) is 0 Å². The van der Waals surface area contributed by atoms with Crippen LogP contribution in [0.5, 0.6) is 17.2 Å². The summed E-state index contributed by atoms with van der Waals surface area (Å²) in [5.74, 6) is 1.37. The molecule has 1 N–H and O–H groups in total. The number of aromatic hydroxyl groups is 1. The molecule has 2 aromatic rings. The maximum absolute atomic E-state index is 9.92. The van der Waals surface area contributed by atoms with Gasteiger partial charge in [0.15, 0.2) is 11.5 Å². The van der Waals surface area contributed by atoms with Crippen LogP contribution >= 0.6 is 0 Å². The van der Waals surface area contributed by atoms with Crippen LogP contribution in [-0.2, 0) is 6.54 Å². The number of nitrogens with zero attached hydrogens (tertiary/aromatic N) is 1. The van der Waals surface area contributed by atoms with Crippen molar-refractivity contribution >= 4 is 6.21 Å². The number of benzene rings is 2. The molecule has 2 aromatic carbocycles. The molecule has 104 valence electrons. The molecular formula is C16H17NO3. The highest BCUT2D eigenvalue weighted by Gasteiger charge is 2.04. The molecule has 0 amide bonds. The van der Waals surface area contributed by atoms with E-state index in [4.69, 9.17) is 9.47 Å². The zero-order valence-electron chi connectivity index (χ0n) is 11.5. The largest absolute Gasteiger partial charge is 0.504 e. The quantitative estimate of drug-likeness (QED) is 0.850. The molecule has 0 bridgehead atoms. The van der Waals surface area contributed by atoms with Crippen LogP contribution < -0.4 is 9.47 Å². The van der Waals surface area contributed by atoms with E-state index in [1.54, 1.807) is 25.5 Å². The van der Waals surface area contributed by atoms with Gasteiger partial charge in [-0.3, -0.25) is 4.99 Å². The number of hydrogen-bond donors (Lipinski definition) is 1. The summed E-state index contributed by atoms with van der Waals surface area (Å²) in [5, 5.41) is 9.92. The number of ether oxygens (including phenoxy) is 2. The third kappa shape index (κ3) is 3.29. The molecule has 0 unspecified atom stereocenters. The standard InChI is InChI=1S/C16H17NO3/c1-19-14-8-6-12(7-9-14)10-17-11-13-4-3-5-15(20-2)16(13)18/h3-9,11,18H,10H2,1-2H3. The second kappa shape index (κ2) is 6.61. The van der Waals surface area contributed by atoms with Gasteiger partial charge in [-0.05, 0) is 29.8 Å². The predicted octanol–water partition coefficient (Wildman–Crippen LogP) is 3.03. The summed E-state index contributed by atoms with van der Waals surface area (Å²) in [6, 6.07) is 13.0. The highest BCUT2D eigenvalue weighted by Crippen LogP contribution is 2.28. The maximum Gasteiger partial charge on any atom is 0.166 e. The topological polar surface area (TPSA) is 51.0 Å². The molecule has 0 aliphatic carbocycles. The Labute approximate surface area is 118 Å². The summed E-state index contributed by atoms with van der Waals surface area (Å²) in [4.78, 5) is 4.32. The highest BCUT2D eigenvalue weighted by molar-refractivity contribution is 5.84. The SMILES string of the molecule is COc1ccc(CN=Cc2cccc(OC)c2O)cc1. The summed E-state index contributed by atoms with van der Waals surface area (Å²) in [6.07, 6.45) is 1.64. The number of aliphatic imine (C=N–C) groups is 1. The Morgan fingerprint density at radius 2 is 1.80 bits per heavy atom. The van der Waals surface area contributed by atoms with E-state index < -0.39 is 0 Å². The fourth-order valence-electron chi connectivity index (χ4n) is 1.79. The van der Waals surface area contributed by atoms with Gasteiger partial charge in [0, 0.05) is 11.8 Å². The second-order valence-electron chi connectivity index (χ2n) is 4.22. The molecular weight excluding hydrogens is 254 g/mol. The Balaban J connectivity index is 2.06. The third-order valence-corrected chi connectivity index (χ3v) is 2.91. The van der Waals surface area contributed by atoms with E-state index in [1.165, 1.54) is 7.11 Å². The van der Waals surface area contributed by atoms with Gasteiger partial charge in [0.2, 0.25) is 0 Å². The molecule has 4 heteroatoms. The van der Waals surface area contributed by atoms with E-state index in [2.05, 4.69) is 4.99 Å². The number of phenols is 1. The first-order valence-electron chi connectivity index (χ1n) is 6.23. The van der Waals surface area contributed by atoms with Crippen molar-refractivity contribution in [1.82, 2.24) is 0 Å². The molecule has 0 spiro atoms. The molecule has 2 rings (SSSR count). The molecule has 0 aliphatic heterocycles. The summed E-state index contributed by atoms with van der Waals surface area (Å²) in [7, 11) is 3.16. The minimum absolute atomic E-state index is 0.105. The fourth-order valence-corrected chi connectivity index (χ4v) is 1.79. The van der Waals surface area contributed by atoms with Crippen molar-refractivity contribution in [3.05, 3.63) is 53.6 Å². The van der Waals surface area contributed by atoms with Gasteiger partial charge in [-0.1, -0.05) is 18.2 Å². The van der Waals surface area contributed by atoms with Crippen molar-refractivity contribution in [2.24, 2.45) is 4.99 Å². The average molecular weight is 271 g/mol. The van der Waals surface area contributed by atoms with Gasteiger partial charge in [-0.25, -0.2) is 0 Å². The zero-order valence-corrected chi connectivity index (χ0v) is 11.5. The molecule has 0 heterocycles. The Bertz CT molecular complexity index is 591. The molecule has 0 aliphatic rings. The van der Waals surface area contributed by atoms with Gasteiger partial charge in [0.05, 0.1) is 20.8 Å². The van der Waals surface area contributed by atoms with Gasteiger partial charge < -0.3 is 14.6 Å². The van der Waals surface area contributed by atoms with Crippen LogP contribution in [0.2, 0.25) is 0 Å². The van der Waals surface area contributed by atoms with Crippen molar-refractivity contribution in [2.45, 2.75) is 6.54 Å². The Hall–Kier alpha value is -2.49.